The highest BCUT2D eigenvalue weighted by Gasteiger charge is 2.16. The van der Waals surface area contributed by atoms with Crippen LogP contribution in [0.2, 0.25) is 0 Å². The second-order valence-electron chi connectivity index (χ2n) is 7.16. The molecule has 7 heteroatoms. The summed E-state index contributed by atoms with van der Waals surface area (Å²) in [6.45, 7) is 4.67. The maximum atomic E-state index is 12.5. The molecule has 0 unspecified atom stereocenters. The number of aromatic nitrogens is 4. The lowest BCUT2D eigenvalue weighted by Gasteiger charge is -2.11. The Bertz CT molecular complexity index is 1120. The predicted molar refractivity (Wildman–Crippen MR) is 120 cm³/mol. The van der Waals surface area contributed by atoms with Gasteiger partial charge in [0.05, 0.1) is 12.3 Å². The maximum Gasteiger partial charge on any atom is 0.236 e. The van der Waals surface area contributed by atoms with Gasteiger partial charge in [-0.1, -0.05) is 48.2 Å². The minimum atomic E-state index is -0.0678. The lowest BCUT2D eigenvalue weighted by Crippen LogP contribution is -2.15. The number of hydrogen-bond donors (Lipinski definition) is 1. The molecule has 2 aromatic carbocycles. The summed E-state index contributed by atoms with van der Waals surface area (Å²) < 4.78 is 3.96. The molecule has 0 aliphatic rings. The maximum absolute atomic E-state index is 12.5. The molecule has 0 atom stereocenters. The minimum absolute atomic E-state index is 0.0678. The number of amides is 1. The average Bonchev–Trinajstić information content (AvgIpc) is 3.36. The molecule has 0 fully saturated rings. The van der Waals surface area contributed by atoms with Gasteiger partial charge in [-0.05, 0) is 54.8 Å². The number of aryl methyl sites for hydroxylation is 2. The number of thioether (sulfide) groups is 1. The first-order chi connectivity index (χ1) is 14.6. The van der Waals surface area contributed by atoms with Crippen LogP contribution in [0, 0.1) is 13.8 Å². The normalized spacial score (nSPS) is 10.9. The lowest BCUT2D eigenvalue weighted by atomic mass is 10.1. The molecule has 2 heterocycles. The van der Waals surface area contributed by atoms with Crippen molar-refractivity contribution in [2.75, 3.05) is 11.1 Å². The minimum Gasteiger partial charge on any atom is -0.325 e. The van der Waals surface area contributed by atoms with Crippen molar-refractivity contribution in [1.29, 1.82) is 0 Å². The molecule has 0 aliphatic carbocycles. The van der Waals surface area contributed by atoms with Gasteiger partial charge < -0.3 is 5.32 Å². The summed E-state index contributed by atoms with van der Waals surface area (Å²) in [5.74, 6) is 0.911. The third kappa shape index (κ3) is 4.80. The third-order valence-corrected chi connectivity index (χ3v) is 5.52. The van der Waals surface area contributed by atoms with Crippen LogP contribution in [0.3, 0.4) is 0 Å². The van der Waals surface area contributed by atoms with Crippen molar-refractivity contribution >= 4 is 23.4 Å². The van der Waals surface area contributed by atoms with Crippen molar-refractivity contribution in [1.82, 2.24) is 19.3 Å². The van der Waals surface area contributed by atoms with E-state index in [1.54, 1.807) is 0 Å². The highest BCUT2D eigenvalue weighted by atomic mass is 32.2. The summed E-state index contributed by atoms with van der Waals surface area (Å²) in [5, 5.41) is 12.4. The number of benzene rings is 2. The van der Waals surface area contributed by atoms with Gasteiger partial charge in [-0.15, -0.1) is 10.2 Å². The number of anilines is 1. The Kier molecular flexibility index (Phi) is 5.99. The highest BCUT2D eigenvalue weighted by molar-refractivity contribution is 7.99. The molecule has 0 aliphatic heterocycles. The van der Waals surface area contributed by atoms with Gasteiger partial charge in [0.1, 0.15) is 0 Å². The summed E-state index contributed by atoms with van der Waals surface area (Å²) in [7, 11) is 0. The molecule has 4 rings (SSSR count). The van der Waals surface area contributed by atoms with E-state index >= 15 is 0 Å². The summed E-state index contributed by atoms with van der Waals surface area (Å²) in [6.07, 6.45) is 3.87. The van der Waals surface area contributed by atoms with E-state index in [9.17, 15) is 4.79 Å². The summed E-state index contributed by atoms with van der Waals surface area (Å²) >= 11 is 1.38. The van der Waals surface area contributed by atoms with Gasteiger partial charge in [0.15, 0.2) is 5.16 Å². The van der Waals surface area contributed by atoms with Gasteiger partial charge >= 0.3 is 0 Å². The van der Waals surface area contributed by atoms with Crippen LogP contribution < -0.4 is 5.32 Å². The second-order valence-corrected chi connectivity index (χ2v) is 8.10. The van der Waals surface area contributed by atoms with Crippen LogP contribution in [0.5, 0.6) is 0 Å². The van der Waals surface area contributed by atoms with Gasteiger partial charge in [0.25, 0.3) is 0 Å². The van der Waals surface area contributed by atoms with E-state index in [1.807, 2.05) is 77.8 Å². The van der Waals surface area contributed by atoms with Crippen molar-refractivity contribution in [3.05, 3.63) is 89.7 Å². The van der Waals surface area contributed by atoms with Crippen LogP contribution in [0.1, 0.15) is 16.7 Å². The van der Waals surface area contributed by atoms with E-state index < -0.39 is 0 Å². The Labute approximate surface area is 180 Å². The Hall–Kier alpha value is -3.32. The van der Waals surface area contributed by atoms with Gasteiger partial charge in [-0.3, -0.25) is 13.9 Å². The molecule has 0 saturated carbocycles. The van der Waals surface area contributed by atoms with E-state index in [4.69, 9.17) is 0 Å². The molecule has 1 N–H and O–H groups in total. The molecular formula is C23H23N5OS. The summed E-state index contributed by atoms with van der Waals surface area (Å²) in [4.78, 5) is 12.5. The molecule has 0 spiro atoms. The first kappa shape index (κ1) is 20.0. The van der Waals surface area contributed by atoms with E-state index in [2.05, 4.69) is 33.7 Å². The first-order valence-corrected chi connectivity index (χ1v) is 10.7. The Balaban J connectivity index is 1.51. The molecule has 0 bridgehead atoms. The quantitative estimate of drug-likeness (QED) is 0.451. The smallest absolute Gasteiger partial charge is 0.236 e. The molecule has 2 aromatic heterocycles. The Morgan fingerprint density at radius 1 is 0.967 bits per heavy atom. The van der Waals surface area contributed by atoms with Gasteiger partial charge in [-0.25, -0.2) is 0 Å². The zero-order valence-electron chi connectivity index (χ0n) is 16.9. The van der Waals surface area contributed by atoms with Crippen molar-refractivity contribution < 1.29 is 4.79 Å². The molecule has 30 heavy (non-hydrogen) atoms. The monoisotopic (exact) mass is 417 g/mol. The highest BCUT2D eigenvalue weighted by Crippen LogP contribution is 2.22. The van der Waals surface area contributed by atoms with Crippen LogP contribution in [0.15, 0.2) is 78.2 Å². The van der Waals surface area contributed by atoms with Crippen molar-refractivity contribution in [3.63, 3.8) is 0 Å². The largest absolute Gasteiger partial charge is 0.325 e. The van der Waals surface area contributed by atoms with Crippen LogP contribution >= 0.6 is 11.8 Å². The molecule has 4 aromatic rings. The molecule has 1 amide bonds. The van der Waals surface area contributed by atoms with Gasteiger partial charge in [0, 0.05) is 18.1 Å². The van der Waals surface area contributed by atoms with E-state index in [0.29, 0.717) is 11.7 Å². The zero-order valence-corrected chi connectivity index (χ0v) is 17.8. The number of carbonyl (C=O) groups excluding carboxylic acids is 1. The van der Waals surface area contributed by atoms with Gasteiger partial charge in [-0.2, -0.15) is 0 Å². The van der Waals surface area contributed by atoms with E-state index in [0.717, 1.165) is 28.3 Å². The summed E-state index contributed by atoms with van der Waals surface area (Å²) in [5.41, 5.74) is 4.21. The van der Waals surface area contributed by atoms with Crippen molar-refractivity contribution in [2.24, 2.45) is 0 Å². The van der Waals surface area contributed by atoms with Crippen molar-refractivity contribution in [3.8, 4) is 5.95 Å². The zero-order chi connectivity index (χ0) is 20.9. The number of rotatable bonds is 7. The fourth-order valence-corrected chi connectivity index (χ4v) is 4.06. The standard InChI is InChI=1S/C23H23N5OS/c1-17-12-18(2)14-20(13-17)24-21(29)16-30-23-26-25-22(27-10-6-7-11-27)28(23)15-19-8-4-3-5-9-19/h3-14H,15-16H2,1-2H3,(H,24,29). The number of hydrogen-bond acceptors (Lipinski definition) is 4. The van der Waals surface area contributed by atoms with Crippen LogP contribution in [0.25, 0.3) is 5.95 Å². The van der Waals surface area contributed by atoms with Crippen LogP contribution in [-0.4, -0.2) is 31.0 Å². The third-order valence-electron chi connectivity index (χ3n) is 4.55. The van der Waals surface area contributed by atoms with Crippen LogP contribution in [-0.2, 0) is 11.3 Å². The number of nitrogens with one attached hydrogen (secondary N) is 1. The summed E-state index contributed by atoms with van der Waals surface area (Å²) in [6, 6.07) is 20.1. The first-order valence-electron chi connectivity index (χ1n) is 9.70. The average molecular weight is 418 g/mol. The molecule has 152 valence electrons. The SMILES string of the molecule is Cc1cc(C)cc(NC(=O)CSc2nnc(-n3cccc3)n2Cc2ccccc2)c1. The fraction of sp³-hybridized carbons (Fsp3) is 0.174. The Morgan fingerprint density at radius 3 is 2.37 bits per heavy atom. The Morgan fingerprint density at radius 2 is 1.67 bits per heavy atom. The van der Waals surface area contributed by atoms with Crippen molar-refractivity contribution in [2.45, 2.75) is 25.5 Å². The van der Waals surface area contributed by atoms with E-state index in [1.165, 1.54) is 11.8 Å². The van der Waals surface area contributed by atoms with Crippen LogP contribution in [0.4, 0.5) is 5.69 Å². The topological polar surface area (TPSA) is 64.7 Å². The molecule has 0 radical (unpaired) electrons. The molecule has 6 nitrogen and oxygen atoms in total. The predicted octanol–water partition coefficient (Wildman–Crippen LogP) is 4.46. The lowest BCUT2D eigenvalue weighted by molar-refractivity contribution is -0.113. The van der Waals surface area contributed by atoms with Gasteiger partial charge in [0.2, 0.25) is 11.9 Å². The van der Waals surface area contributed by atoms with E-state index in [-0.39, 0.29) is 11.7 Å². The molecular weight excluding hydrogens is 394 g/mol. The molecule has 0 saturated heterocycles. The fourth-order valence-electron chi connectivity index (χ4n) is 3.33. The second kappa shape index (κ2) is 9.00. The number of nitrogens with zero attached hydrogens (tertiary/aromatic N) is 4. The number of carbonyl (C=O) groups is 1.